The van der Waals surface area contributed by atoms with Crippen molar-refractivity contribution in [2.45, 2.75) is 58.3 Å². The van der Waals surface area contributed by atoms with E-state index in [1.807, 2.05) is 4.90 Å². The smallest absolute Gasteiger partial charge is 0.227 e. The number of hydrogen-bond acceptors (Lipinski definition) is 3. The zero-order valence-corrected chi connectivity index (χ0v) is 20.0. The number of rotatable bonds is 10. The lowest BCUT2D eigenvalue weighted by Crippen LogP contribution is -2.39. The number of likely N-dealkylation sites (N-methyl/N-ethyl adjacent to an activating group) is 1. The van der Waals surface area contributed by atoms with Gasteiger partial charge in [-0.25, -0.2) is 0 Å². The minimum absolute atomic E-state index is 0. The predicted octanol–water partition coefficient (Wildman–Crippen LogP) is 5.25. The summed E-state index contributed by atoms with van der Waals surface area (Å²) in [7, 11) is 0. The fourth-order valence-corrected chi connectivity index (χ4v) is 4.94. The Balaban J connectivity index is 0.00000289. The third-order valence-electron chi connectivity index (χ3n) is 6.73. The summed E-state index contributed by atoms with van der Waals surface area (Å²) in [5.74, 6) is 0.487. The number of nitrogens with zero attached hydrogens (tertiary/aromatic N) is 2. The molecule has 0 atom stereocenters. The Morgan fingerprint density at radius 2 is 1.75 bits per heavy atom. The van der Waals surface area contributed by atoms with Crippen molar-refractivity contribution in [2.24, 2.45) is 0 Å². The number of halogens is 1. The van der Waals surface area contributed by atoms with Gasteiger partial charge in [0.05, 0.1) is 5.69 Å². The minimum atomic E-state index is 0. The van der Waals surface area contributed by atoms with E-state index in [1.54, 1.807) is 0 Å². The van der Waals surface area contributed by atoms with Gasteiger partial charge in [-0.1, -0.05) is 37.3 Å². The van der Waals surface area contributed by atoms with E-state index in [1.165, 1.54) is 16.7 Å². The van der Waals surface area contributed by atoms with Gasteiger partial charge in [0, 0.05) is 31.5 Å². The maximum Gasteiger partial charge on any atom is 0.227 e. The van der Waals surface area contributed by atoms with Crippen LogP contribution in [0.15, 0.2) is 42.5 Å². The van der Waals surface area contributed by atoms with Gasteiger partial charge >= 0.3 is 0 Å². The Hall–Kier alpha value is -2.17. The van der Waals surface area contributed by atoms with E-state index in [9.17, 15) is 9.59 Å². The first-order chi connectivity index (χ1) is 15.2. The van der Waals surface area contributed by atoms with Crippen molar-refractivity contribution in [3.63, 3.8) is 0 Å². The van der Waals surface area contributed by atoms with E-state index in [-0.39, 0.29) is 24.1 Å². The molecule has 0 saturated carbocycles. The fraction of sp³-hybridized carbons (Fsp3) is 0.481. The van der Waals surface area contributed by atoms with Crippen molar-refractivity contribution in [3.8, 4) is 0 Å². The Kier molecular flexibility index (Phi) is 8.89. The van der Waals surface area contributed by atoms with E-state index in [4.69, 9.17) is 0 Å². The normalized spacial score (nSPS) is 14.8. The number of benzene rings is 2. The van der Waals surface area contributed by atoms with Gasteiger partial charge in [-0.05, 0) is 80.4 Å². The number of aryl methyl sites for hydroxylation is 2. The van der Waals surface area contributed by atoms with Gasteiger partial charge in [0.1, 0.15) is 0 Å². The van der Waals surface area contributed by atoms with E-state index < -0.39 is 0 Å². The van der Waals surface area contributed by atoms with Crippen LogP contribution in [0.4, 0.5) is 5.69 Å². The van der Waals surface area contributed by atoms with Crippen molar-refractivity contribution >= 4 is 29.8 Å². The van der Waals surface area contributed by atoms with Gasteiger partial charge in [-0.2, -0.15) is 0 Å². The maximum atomic E-state index is 12.9. The van der Waals surface area contributed by atoms with Gasteiger partial charge < -0.3 is 9.80 Å². The van der Waals surface area contributed by atoms with Crippen LogP contribution in [0.3, 0.4) is 0 Å². The molecule has 0 saturated heterocycles. The minimum Gasteiger partial charge on any atom is -0.312 e. The second kappa shape index (κ2) is 11.6. The molecule has 0 aromatic heterocycles. The molecule has 2 heterocycles. The van der Waals surface area contributed by atoms with Crippen LogP contribution < -0.4 is 4.90 Å². The molecule has 0 spiro atoms. The van der Waals surface area contributed by atoms with E-state index in [0.717, 1.165) is 76.0 Å². The molecule has 5 heteroatoms. The van der Waals surface area contributed by atoms with Crippen LogP contribution in [-0.2, 0) is 24.1 Å². The van der Waals surface area contributed by atoms with E-state index in [0.29, 0.717) is 12.8 Å². The lowest BCUT2D eigenvalue weighted by molar-refractivity contribution is -0.119. The molecule has 4 nitrogen and oxygen atoms in total. The lowest BCUT2D eigenvalue weighted by atomic mass is 9.88. The summed E-state index contributed by atoms with van der Waals surface area (Å²) < 4.78 is 0. The van der Waals surface area contributed by atoms with Crippen LogP contribution in [0, 0.1) is 0 Å². The largest absolute Gasteiger partial charge is 0.312 e. The van der Waals surface area contributed by atoms with Gasteiger partial charge in [0.25, 0.3) is 0 Å². The summed E-state index contributed by atoms with van der Waals surface area (Å²) in [6.07, 6.45) is 6.96. The van der Waals surface area contributed by atoms with Crippen molar-refractivity contribution in [2.75, 3.05) is 31.1 Å². The first-order valence-corrected chi connectivity index (χ1v) is 11.9. The van der Waals surface area contributed by atoms with Gasteiger partial charge in [0.15, 0.2) is 5.78 Å². The average molecular weight is 455 g/mol. The van der Waals surface area contributed by atoms with Crippen LogP contribution in [0.25, 0.3) is 0 Å². The highest BCUT2D eigenvalue weighted by Crippen LogP contribution is 2.36. The zero-order chi connectivity index (χ0) is 21.6. The van der Waals surface area contributed by atoms with Gasteiger partial charge in [-0.15, -0.1) is 12.4 Å². The highest BCUT2D eigenvalue weighted by molar-refractivity contribution is 6.01. The number of amides is 1. The number of carbonyl (C=O) groups excluding carboxylic acids is 2. The molecule has 4 rings (SSSR count). The summed E-state index contributed by atoms with van der Waals surface area (Å²) in [5.41, 5.74) is 5.72. The zero-order valence-electron chi connectivity index (χ0n) is 19.1. The number of carbonyl (C=O) groups is 2. The number of ketones is 1. The highest BCUT2D eigenvalue weighted by atomic mass is 35.5. The quantitative estimate of drug-likeness (QED) is 0.363. The SMILES string of the molecule is CCN(CCCCC(=O)c1cc2c3c(c1)CCC(=O)N3CCC2)CCc1ccccc1.Cl. The summed E-state index contributed by atoms with van der Waals surface area (Å²) in [6, 6.07) is 14.8. The monoisotopic (exact) mass is 454 g/mol. The molecule has 0 unspecified atom stereocenters. The standard InChI is InChI=1S/C27H34N2O2.ClH/c1-2-28(18-15-21-9-4-3-5-10-21)16-7-6-12-25(30)24-19-22-11-8-17-29-26(31)14-13-23(20-24)27(22)29;/h3-5,9-10,19-20H,2,6-8,11-18H2,1H3;1H. The Morgan fingerprint density at radius 1 is 1.00 bits per heavy atom. The van der Waals surface area contributed by atoms with Gasteiger partial charge in [0.2, 0.25) is 5.91 Å². The molecule has 2 aromatic carbocycles. The maximum absolute atomic E-state index is 12.9. The molecule has 0 radical (unpaired) electrons. The summed E-state index contributed by atoms with van der Waals surface area (Å²) in [6.45, 7) is 6.19. The fourth-order valence-electron chi connectivity index (χ4n) is 4.94. The van der Waals surface area contributed by atoms with Crippen LogP contribution >= 0.6 is 12.4 Å². The second-order valence-electron chi connectivity index (χ2n) is 8.84. The van der Waals surface area contributed by atoms with Crippen LogP contribution in [0.1, 0.15) is 66.1 Å². The van der Waals surface area contributed by atoms with E-state index in [2.05, 4.69) is 54.3 Å². The molecule has 0 bridgehead atoms. The topological polar surface area (TPSA) is 40.6 Å². The number of Topliss-reactive ketones (excluding diaryl/α,β-unsaturated/α-hetero) is 1. The molecule has 172 valence electrons. The Labute approximate surface area is 198 Å². The van der Waals surface area contributed by atoms with Crippen molar-refractivity contribution in [1.29, 1.82) is 0 Å². The third kappa shape index (κ3) is 5.79. The Bertz CT molecular complexity index is 912. The van der Waals surface area contributed by atoms with Crippen molar-refractivity contribution < 1.29 is 9.59 Å². The first kappa shape index (κ1) is 24.5. The Morgan fingerprint density at radius 3 is 2.50 bits per heavy atom. The molecule has 2 aliphatic heterocycles. The molecular weight excluding hydrogens is 420 g/mol. The average Bonchev–Trinajstić information content (AvgIpc) is 2.81. The molecule has 0 fully saturated rings. The van der Waals surface area contributed by atoms with E-state index >= 15 is 0 Å². The molecule has 32 heavy (non-hydrogen) atoms. The van der Waals surface area contributed by atoms with Crippen LogP contribution in [0.2, 0.25) is 0 Å². The van der Waals surface area contributed by atoms with Crippen LogP contribution in [0.5, 0.6) is 0 Å². The lowest BCUT2D eigenvalue weighted by Gasteiger charge is -2.35. The third-order valence-corrected chi connectivity index (χ3v) is 6.73. The summed E-state index contributed by atoms with van der Waals surface area (Å²) in [4.78, 5) is 29.5. The summed E-state index contributed by atoms with van der Waals surface area (Å²) in [5, 5.41) is 0. The molecule has 2 aromatic rings. The van der Waals surface area contributed by atoms with Crippen molar-refractivity contribution in [1.82, 2.24) is 4.90 Å². The predicted molar refractivity (Wildman–Crippen MR) is 133 cm³/mol. The van der Waals surface area contributed by atoms with Crippen molar-refractivity contribution in [3.05, 3.63) is 64.7 Å². The number of unbranched alkanes of at least 4 members (excludes halogenated alkanes) is 1. The molecule has 0 aliphatic carbocycles. The molecule has 1 amide bonds. The number of anilines is 1. The highest BCUT2D eigenvalue weighted by Gasteiger charge is 2.30. The van der Waals surface area contributed by atoms with Gasteiger partial charge in [-0.3, -0.25) is 9.59 Å². The first-order valence-electron chi connectivity index (χ1n) is 11.9. The molecule has 0 N–H and O–H groups in total. The molecular formula is C27H35ClN2O2. The second-order valence-corrected chi connectivity index (χ2v) is 8.84. The summed E-state index contributed by atoms with van der Waals surface area (Å²) >= 11 is 0. The molecule has 2 aliphatic rings. The number of hydrogen-bond donors (Lipinski definition) is 0. The van der Waals surface area contributed by atoms with Crippen LogP contribution in [-0.4, -0.2) is 42.8 Å².